The molecule has 9 heteroatoms. The first-order valence-corrected chi connectivity index (χ1v) is 10.5. The van der Waals surface area contributed by atoms with Crippen LogP contribution >= 0.6 is 11.3 Å². The van der Waals surface area contributed by atoms with Gasteiger partial charge in [0.2, 0.25) is 0 Å². The number of hydrogen-bond donors (Lipinski definition) is 2. The maximum atomic E-state index is 12.8. The molecule has 3 rings (SSSR count). The third kappa shape index (κ3) is 3.63. The van der Waals surface area contributed by atoms with E-state index in [-0.39, 0.29) is 22.6 Å². The van der Waals surface area contributed by atoms with Gasteiger partial charge >= 0.3 is 0 Å². The largest absolute Gasteiger partial charge is 0.300 e. The molecule has 0 radical (unpaired) electrons. The predicted octanol–water partition coefficient (Wildman–Crippen LogP) is 2.54. The minimum Gasteiger partial charge on any atom is -0.300 e. The van der Waals surface area contributed by atoms with E-state index in [2.05, 4.69) is 20.0 Å². The van der Waals surface area contributed by atoms with Gasteiger partial charge in [0.05, 0.1) is 4.90 Å². The number of anilines is 1. The van der Waals surface area contributed by atoms with Crippen molar-refractivity contribution in [2.24, 2.45) is 10.9 Å². The third-order valence-corrected chi connectivity index (χ3v) is 6.46. The Morgan fingerprint density at radius 2 is 2.12 bits per heavy atom. The van der Waals surface area contributed by atoms with Crippen LogP contribution in [0, 0.1) is 12.8 Å². The van der Waals surface area contributed by atoms with E-state index < -0.39 is 16.1 Å². The SMILES string of the molecule is CC[C@H](C)[C@H](N=C1NS(=O)(=O)c2ccccc21)C(=O)Nc1ncc(C)s1. The Hall–Kier alpha value is -2.26. The zero-order valence-corrected chi connectivity index (χ0v) is 16.3. The minimum atomic E-state index is -3.64. The fourth-order valence-electron chi connectivity index (χ4n) is 2.63. The molecule has 26 heavy (non-hydrogen) atoms. The molecule has 2 aromatic rings. The van der Waals surface area contributed by atoms with Gasteiger partial charge in [0.15, 0.2) is 5.13 Å². The number of sulfonamides is 1. The van der Waals surface area contributed by atoms with Gasteiger partial charge in [-0.05, 0) is 25.0 Å². The summed E-state index contributed by atoms with van der Waals surface area (Å²) in [6, 6.07) is 5.88. The van der Waals surface area contributed by atoms with E-state index in [4.69, 9.17) is 0 Å². The van der Waals surface area contributed by atoms with Gasteiger partial charge < -0.3 is 5.32 Å². The summed E-state index contributed by atoms with van der Waals surface area (Å²) in [5.74, 6) is -0.165. The Morgan fingerprint density at radius 3 is 2.77 bits per heavy atom. The maximum absolute atomic E-state index is 12.8. The van der Waals surface area contributed by atoms with Crippen LogP contribution in [0.4, 0.5) is 5.13 Å². The number of fused-ring (bicyclic) bond motifs is 1. The van der Waals surface area contributed by atoms with Crippen LogP contribution in [0.15, 0.2) is 40.4 Å². The molecule has 1 aliphatic heterocycles. The number of carbonyl (C=O) groups excluding carboxylic acids is 1. The van der Waals surface area contributed by atoms with Gasteiger partial charge in [-0.3, -0.25) is 14.5 Å². The van der Waals surface area contributed by atoms with Crippen molar-refractivity contribution in [2.75, 3.05) is 5.32 Å². The molecule has 2 heterocycles. The van der Waals surface area contributed by atoms with E-state index in [0.717, 1.165) is 11.3 Å². The van der Waals surface area contributed by atoms with E-state index >= 15 is 0 Å². The van der Waals surface area contributed by atoms with Gasteiger partial charge in [-0.1, -0.05) is 32.4 Å². The summed E-state index contributed by atoms with van der Waals surface area (Å²) in [7, 11) is -3.64. The van der Waals surface area contributed by atoms with Gasteiger partial charge in [-0.15, -0.1) is 11.3 Å². The molecule has 2 N–H and O–H groups in total. The number of rotatable bonds is 5. The number of nitrogens with zero attached hydrogens (tertiary/aromatic N) is 2. The highest BCUT2D eigenvalue weighted by atomic mass is 32.2. The van der Waals surface area contributed by atoms with Crippen molar-refractivity contribution in [3.05, 3.63) is 40.9 Å². The van der Waals surface area contributed by atoms with Crippen LogP contribution in [0.2, 0.25) is 0 Å². The summed E-state index contributed by atoms with van der Waals surface area (Å²) >= 11 is 1.38. The number of benzene rings is 1. The van der Waals surface area contributed by atoms with Crippen molar-refractivity contribution < 1.29 is 13.2 Å². The van der Waals surface area contributed by atoms with Crippen molar-refractivity contribution in [2.45, 2.75) is 38.1 Å². The number of amidine groups is 1. The van der Waals surface area contributed by atoms with Crippen LogP contribution in [0.1, 0.15) is 30.7 Å². The van der Waals surface area contributed by atoms with Crippen LogP contribution < -0.4 is 10.0 Å². The molecule has 0 bridgehead atoms. The summed E-state index contributed by atoms with van der Waals surface area (Å²) in [6.45, 7) is 5.78. The Balaban J connectivity index is 1.94. The van der Waals surface area contributed by atoms with Crippen molar-refractivity contribution in [1.29, 1.82) is 0 Å². The lowest BCUT2D eigenvalue weighted by molar-refractivity contribution is -0.118. The number of nitrogens with one attached hydrogen (secondary N) is 2. The highest BCUT2D eigenvalue weighted by molar-refractivity contribution is 7.90. The van der Waals surface area contributed by atoms with Crippen LogP contribution in [0.3, 0.4) is 0 Å². The fraction of sp³-hybridized carbons (Fsp3) is 0.353. The van der Waals surface area contributed by atoms with Crippen molar-refractivity contribution in [3.63, 3.8) is 0 Å². The van der Waals surface area contributed by atoms with E-state index in [9.17, 15) is 13.2 Å². The maximum Gasteiger partial charge on any atom is 0.263 e. The molecule has 0 saturated heterocycles. The number of carbonyl (C=O) groups is 1. The lowest BCUT2D eigenvalue weighted by atomic mass is 9.99. The molecule has 7 nitrogen and oxygen atoms in total. The van der Waals surface area contributed by atoms with Gasteiger partial charge in [0, 0.05) is 16.6 Å². The van der Waals surface area contributed by atoms with Crippen LogP contribution in [-0.4, -0.2) is 31.2 Å². The summed E-state index contributed by atoms with van der Waals surface area (Å²) < 4.78 is 27.0. The quantitative estimate of drug-likeness (QED) is 0.816. The molecule has 0 unspecified atom stereocenters. The number of amides is 1. The number of thiazole rings is 1. The van der Waals surface area contributed by atoms with E-state index in [1.54, 1.807) is 24.4 Å². The summed E-state index contributed by atoms with van der Waals surface area (Å²) in [4.78, 5) is 22.5. The first-order chi connectivity index (χ1) is 12.3. The lowest BCUT2D eigenvalue weighted by Gasteiger charge is -2.18. The number of aromatic nitrogens is 1. The number of hydrogen-bond acceptors (Lipinski definition) is 6. The zero-order chi connectivity index (χ0) is 18.9. The van der Waals surface area contributed by atoms with Gasteiger partial charge in [0.1, 0.15) is 11.9 Å². The second-order valence-electron chi connectivity index (χ2n) is 6.18. The molecule has 1 aromatic heterocycles. The standard InChI is InChI=1S/C17H20N4O3S2/c1-4-10(2)14(16(22)20-17-18-9-11(3)25-17)19-15-12-7-5-6-8-13(12)26(23,24)21-15/h5-10,14H,4H2,1-3H3,(H,19,21)(H,18,20,22)/t10-,14-/m0/s1. The van der Waals surface area contributed by atoms with E-state index in [0.29, 0.717) is 10.7 Å². The first-order valence-electron chi connectivity index (χ1n) is 8.25. The topological polar surface area (TPSA) is 101 Å². The Morgan fingerprint density at radius 1 is 1.38 bits per heavy atom. The average molecular weight is 393 g/mol. The fourth-order valence-corrected chi connectivity index (χ4v) is 4.53. The molecule has 138 valence electrons. The molecule has 0 spiro atoms. The minimum absolute atomic E-state index is 0.0687. The summed E-state index contributed by atoms with van der Waals surface area (Å²) in [5, 5.41) is 3.29. The van der Waals surface area contributed by atoms with Gasteiger partial charge in [-0.25, -0.2) is 13.4 Å². The van der Waals surface area contributed by atoms with E-state index in [1.807, 2.05) is 20.8 Å². The second kappa shape index (κ2) is 7.16. The monoisotopic (exact) mass is 392 g/mol. The van der Waals surface area contributed by atoms with Gasteiger partial charge in [-0.2, -0.15) is 0 Å². The van der Waals surface area contributed by atoms with Crippen molar-refractivity contribution in [3.8, 4) is 0 Å². The molecule has 0 fully saturated rings. The average Bonchev–Trinajstić information content (AvgIpc) is 3.13. The normalized spacial score (nSPS) is 18.8. The zero-order valence-electron chi connectivity index (χ0n) is 14.7. The van der Waals surface area contributed by atoms with E-state index in [1.165, 1.54) is 17.4 Å². The smallest absolute Gasteiger partial charge is 0.263 e. The second-order valence-corrected chi connectivity index (χ2v) is 9.06. The number of aryl methyl sites for hydroxylation is 1. The molecule has 2 atom stereocenters. The Kier molecular flexibility index (Phi) is 5.10. The van der Waals surface area contributed by atoms with Crippen molar-refractivity contribution in [1.82, 2.24) is 9.71 Å². The summed E-state index contributed by atoms with van der Waals surface area (Å²) in [6.07, 6.45) is 2.41. The Bertz CT molecular complexity index is 966. The molecule has 1 aromatic carbocycles. The molecule has 0 saturated carbocycles. The molecular weight excluding hydrogens is 372 g/mol. The predicted molar refractivity (Wildman–Crippen MR) is 102 cm³/mol. The molecular formula is C17H20N4O3S2. The highest BCUT2D eigenvalue weighted by Gasteiger charge is 2.33. The lowest BCUT2D eigenvalue weighted by Crippen LogP contribution is -2.34. The first kappa shape index (κ1) is 18.5. The molecule has 1 aliphatic rings. The molecule has 0 aliphatic carbocycles. The van der Waals surface area contributed by atoms with Crippen LogP contribution in [0.25, 0.3) is 0 Å². The van der Waals surface area contributed by atoms with Crippen LogP contribution in [-0.2, 0) is 14.8 Å². The highest BCUT2D eigenvalue weighted by Crippen LogP contribution is 2.25. The van der Waals surface area contributed by atoms with Gasteiger partial charge in [0.25, 0.3) is 15.9 Å². The Labute approximate surface area is 156 Å². The summed E-state index contributed by atoms with van der Waals surface area (Å²) in [5.41, 5.74) is 0.485. The van der Waals surface area contributed by atoms with Crippen molar-refractivity contribution >= 4 is 38.2 Å². The number of aliphatic imine (C=N–C) groups is 1. The molecule has 1 amide bonds. The third-order valence-electron chi connectivity index (χ3n) is 4.23. The van der Waals surface area contributed by atoms with Crippen LogP contribution in [0.5, 0.6) is 0 Å².